The Labute approximate surface area is 95.5 Å². The van der Waals surface area contributed by atoms with Crippen LogP contribution in [-0.4, -0.2) is 10.2 Å². The van der Waals surface area contributed by atoms with Crippen LogP contribution in [0.25, 0.3) is 11.3 Å². The normalized spacial score (nSPS) is 11.7. The number of ether oxygens (including phenoxy) is 1. The summed E-state index contributed by atoms with van der Waals surface area (Å²) < 4.78 is 5.60. The topological polar surface area (TPSA) is 37.9 Å². The lowest BCUT2D eigenvalue weighted by Gasteiger charge is -2.17. The number of rotatable bonds is 0. The quantitative estimate of drug-likeness (QED) is 0.733. The number of hydrogen-bond donors (Lipinski definition) is 1. The van der Waals surface area contributed by atoms with Crippen molar-refractivity contribution in [2.75, 3.05) is 0 Å². The van der Waals surface area contributed by atoms with Gasteiger partial charge < -0.3 is 4.74 Å². The Balaban J connectivity index is 0.000000457. The molecule has 1 aromatic heterocycles. The van der Waals surface area contributed by atoms with Gasteiger partial charge in [0.2, 0.25) is 0 Å². The Kier molecular flexibility index (Phi) is 2.95. The summed E-state index contributed by atoms with van der Waals surface area (Å²) in [5.74, 6) is 0.937. The van der Waals surface area contributed by atoms with Crippen molar-refractivity contribution >= 4 is 0 Å². The van der Waals surface area contributed by atoms with Gasteiger partial charge in [0.25, 0.3) is 0 Å². The zero-order valence-electron chi connectivity index (χ0n) is 9.87. The summed E-state index contributed by atoms with van der Waals surface area (Å²) in [4.78, 5) is 0. The number of fused-ring (bicyclic) bond motifs is 3. The smallest absolute Gasteiger partial charge is 0.129 e. The van der Waals surface area contributed by atoms with Gasteiger partial charge in [0.15, 0.2) is 0 Å². The highest BCUT2D eigenvalue weighted by Crippen LogP contribution is 2.36. The SMILES string of the molecule is CC.Cc1ccc2c(c1)-c1[nH]ncc1CO2. The summed E-state index contributed by atoms with van der Waals surface area (Å²) >= 11 is 0. The molecule has 0 spiro atoms. The first-order valence-corrected chi connectivity index (χ1v) is 5.60. The molecule has 1 N–H and O–H groups in total. The molecule has 3 nitrogen and oxygen atoms in total. The second-order valence-electron chi connectivity index (χ2n) is 3.56. The van der Waals surface area contributed by atoms with Crippen LogP contribution < -0.4 is 4.74 Å². The minimum Gasteiger partial charge on any atom is -0.488 e. The lowest BCUT2D eigenvalue weighted by molar-refractivity contribution is 0.302. The van der Waals surface area contributed by atoms with Crippen molar-refractivity contribution in [2.45, 2.75) is 27.4 Å². The van der Waals surface area contributed by atoms with Crippen LogP contribution in [0.2, 0.25) is 0 Å². The molecule has 1 aliphatic heterocycles. The molecule has 2 heterocycles. The highest BCUT2D eigenvalue weighted by molar-refractivity contribution is 5.72. The van der Waals surface area contributed by atoms with Crippen LogP contribution in [0.15, 0.2) is 24.4 Å². The van der Waals surface area contributed by atoms with Crippen molar-refractivity contribution in [2.24, 2.45) is 0 Å². The minimum absolute atomic E-state index is 0.613. The zero-order chi connectivity index (χ0) is 11.5. The maximum atomic E-state index is 5.60. The maximum absolute atomic E-state index is 5.60. The molecule has 3 rings (SSSR count). The number of aromatic amines is 1. The number of benzene rings is 1. The predicted octanol–water partition coefficient (Wildman–Crippen LogP) is 3.30. The molecule has 84 valence electrons. The third-order valence-corrected chi connectivity index (χ3v) is 2.51. The molecular formula is C13H16N2O. The molecule has 1 aliphatic rings. The molecule has 0 aliphatic carbocycles. The lowest BCUT2D eigenvalue weighted by atomic mass is 10.0. The molecule has 1 aromatic carbocycles. The Bertz CT molecular complexity index is 488. The van der Waals surface area contributed by atoms with Crippen LogP contribution in [0, 0.1) is 6.92 Å². The van der Waals surface area contributed by atoms with E-state index in [0.29, 0.717) is 6.61 Å². The van der Waals surface area contributed by atoms with Crippen molar-refractivity contribution in [3.63, 3.8) is 0 Å². The molecule has 3 heteroatoms. The van der Waals surface area contributed by atoms with Gasteiger partial charge in [-0.25, -0.2) is 0 Å². The molecule has 0 radical (unpaired) electrons. The highest BCUT2D eigenvalue weighted by Gasteiger charge is 2.18. The molecule has 0 amide bonds. The van der Waals surface area contributed by atoms with E-state index in [2.05, 4.69) is 29.3 Å². The molecule has 0 atom stereocenters. The largest absolute Gasteiger partial charge is 0.488 e. The van der Waals surface area contributed by atoms with E-state index in [1.54, 1.807) is 0 Å². The highest BCUT2D eigenvalue weighted by atomic mass is 16.5. The zero-order valence-corrected chi connectivity index (χ0v) is 9.87. The molecule has 0 saturated carbocycles. The summed E-state index contributed by atoms with van der Waals surface area (Å²) in [5.41, 5.74) is 4.57. The Hall–Kier alpha value is -1.77. The molecule has 16 heavy (non-hydrogen) atoms. The van der Waals surface area contributed by atoms with E-state index in [1.807, 2.05) is 26.1 Å². The van der Waals surface area contributed by atoms with Crippen LogP contribution in [-0.2, 0) is 6.61 Å². The fourth-order valence-electron chi connectivity index (χ4n) is 1.77. The Morgan fingerprint density at radius 3 is 2.94 bits per heavy atom. The van der Waals surface area contributed by atoms with Gasteiger partial charge in [-0.05, 0) is 19.1 Å². The van der Waals surface area contributed by atoms with Crippen molar-refractivity contribution in [3.05, 3.63) is 35.5 Å². The first kappa shape index (κ1) is 10.7. The van der Waals surface area contributed by atoms with E-state index in [0.717, 1.165) is 22.6 Å². The van der Waals surface area contributed by atoms with E-state index >= 15 is 0 Å². The van der Waals surface area contributed by atoms with E-state index in [9.17, 15) is 0 Å². The van der Waals surface area contributed by atoms with Gasteiger partial charge in [-0.3, -0.25) is 5.10 Å². The second-order valence-corrected chi connectivity index (χ2v) is 3.56. The van der Waals surface area contributed by atoms with Crippen LogP contribution in [0.4, 0.5) is 0 Å². The van der Waals surface area contributed by atoms with Crippen LogP contribution in [0.3, 0.4) is 0 Å². The summed E-state index contributed by atoms with van der Waals surface area (Å²) in [6.45, 7) is 6.69. The van der Waals surface area contributed by atoms with Crippen LogP contribution in [0.1, 0.15) is 25.0 Å². The van der Waals surface area contributed by atoms with Gasteiger partial charge in [0.05, 0.1) is 11.9 Å². The standard InChI is InChI=1S/C11H10N2O.C2H6/c1-7-2-3-10-9(4-7)11-8(6-14-10)5-12-13-11;1-2/h2-5H,6H2,1H3,(H,12,13);1-2H3. The van der Waals surface area contributed by atoms with Gasteiger partial charge in [-0.15, -0.1) is 0 Å². The number of nitrogens with zero attached hydrogens (tertiary/aromatic N) is 1. The average Bonchev–Trinajstić information content (AvgIpc) is 2.80. The van der Waals surface area contributed by atoms with Crippen molar-refractivity contribution in [1.29, 1.82) is 0 Å². The summed E-state index contributed by atoms with van der Waals surface area (Å²) in [7, 11) is 0. The fourth-order valence-corrected chi connectivity index (χ4v) is 1.77. The molecule has 0 fully saturated rings. The molecule has 2 aromatic rings. The summed E-state index contributed by atoms with van der Waals surface area (Å²) in [5, 5.41) is 7.04. The first-order chi connectivity index (χ1) is 7.84. The molecule has 0 bridgehead atoms. The summed E-state index contributed by atoms with van der Waals surface area (Å²) in [6.07, 6.45) is 1.82. The Morgan fingerprint density at radius 1 is 1.31 bits per heavy atom. The number of H-pyrrole nitrogens is 1. The van der Waals surface area contributed by atoms with Gasteiger partial charge >= 0.3 is 0 Å². The number of aromatic nitrogens is 2. The monoisotopic (exact) mass is 216 g/mol. The fraction of sp³-hybridized carbons (Fsp3) is 0.308. The van der Waals surface area contributed by atoms with E-state index < -0.39 is 0 Å². The number of nitrogens with one attached hydrogen (secondary N) is 1. The maximum Gasteiger partial charge on any atom is 0.129 e. The number of hydrogen-bond acceptors (Lipinski definition) is 2. The van der Waals surface area contributed by atoms with Crippen molar-refractivity contribution in [1.82, 2.24) is 10.2 Å². The van der Waals surface area contributed by atoms with Gasteiger partial charge in [0.1, 0.15) is 12.4 Å². The lowest BCUT2D eigenvalue weighted by Crippen LogP contribution is -2.03. The third kappa shape index (κ3) is 1.69. The van der Waals surface area contributed by atoms with E-state index in [4.69, 9.17) is 4.74 Å². The van der Waals surface area contributed by atoms with E-state index in [-0.39, 0.29) is 0 Å². The van der Waals surface area contributed by atoms with Crippen LogP contribution in [0.5, 0.6) is 5.75 Å². The van der Waals surface area contributed by atoms with Gasteiger partial charge in [-0.2, -0.15) is 5.10 Å². The van der Waals surface area contributed by atoms with E-state index in [1.165, 1.54) is 5.56 Å². The average molecular weight is 216 g/mol. The Morgan fingerprint density at radius 2 is 2.12 bits per heavy atom. The molecular weight excluding hydrogens is 200 g/mol. The summed E-state index contributed by atoms with van der Waals surface area (Å²) in [6, 6.07) is 6.18. The minimum atomic E-state index is 0.613. The van der Waals surface area contributed by atoms with Gasteiger partial charge in [0, 0.05) is 11.1 Å². The predicted molar refractivity (Wildman–Crippen MR) is 64.4 cm³/mol. The van der Waals surface area contributed by atoms with Crippen molar-refractivity contribution < 1.29 is 4.74 Å². The molecule has 0 saturated heterocycles. The van der Waals surface area contributed by atoms with Crippen molar-refractivity contribution in [3.8, 4) is 17.0 Å². The number of aryl methyl sites for hydroxylation is 1. The third-order valence-electron chi connectivity index (χ3n) is 2.51. The van der Waals surface area contributed by atoms with Gasteiger partial charge in [-0.1, -0.05) is 25.5 Å². The molecule has 0 unspecified atom stereocenters. The second kappa shape index (κ2) is 4.39. The first-order valence-electron chi connectivity index (χ1n) is 5.60. The van der Waals surface area contributed by atoms with Crippen LogP contribution >= 0.6 is 0 Å².